The monoisotopic (exact) mass is 222 g/mol. The smallest absolute Gasteiger partial charge is 0.211 e. The second-order valence-electron chi connectivity index (χ2n) is 4.58. The van der Waals surface area contributed by atoms with Gasteiger partial charge in [-0.05, 0) is 24.8 Å². The maximum absolute atomic E-state index is 11.9. The zero-order valence-electron chi connectivity index (χ0n) is 9.59. The van der Waals surface area contributed by atoms with E-state index in [1.54, 1.807) is 24.0 Å². The number of nitrogens with zero attached hydrogens (tertiary/aromatic N) is 2. The highest BCUT2D eigenvalue weighted by molar-refractivity contribution is 5.97. The van der Waals surface area contributed by atoms with Crippen molar-refractivity contribution in [1.29, 1.82) is 0 Å². The zero-order chi connectivity index (χ0) is 11.5. The molecule has 1 saturated carbocycles. The van der Waals surface area contributed by atoms with Crippen molar-refractivity contribution in [1.82, 2.24) is 9.78 Å². The van der Waals surface area contributed by atoms with Crippen LogP contribution in [0.5, 0.6) is 0 Å². The lowest BCUT2D eigenvalue weighted by Crippen LogP contribution is -2.31. The van der Waals surface area contributed by atoms with Gasteiger partial charge in [0.2, 0.25) is 5.78 Å². The maximum Gasteiger partial charge on any atom is 0.211 e. The van der Waals surface area contributed by atoms with E-state index < -0.39 is 6.10 Å². The second-order valence-corrected chi connectivity index (χ2v) is 4.58. The molecule has 1 aliphatic carbocycles. The Morgan fingerprint density at radius 2 is 2.19 bits per heavy atom. The molecule has 0 aliphatic heterocycles. The number of aliphatic hydroxyl groups is 1. The molecule has 0 amide bonds. The number of hydrogen-bond acceptors (Lipinski definition) is 3. The van der Waals surface area contributed by atoms with Crippen molar-refractivity contribution in [3.8, 4) is 0 Å². The summed E-state index contributed by atoms with van der Waals surface area (Å²) in [6.07, 6.45) is 6.24. The van der Waals surface area contributed by atoms with Crippen LogP contribution in [0.2, 0.25) is 0 Å². The number of Topliss-reactive ketones (excluding diaryl/α,β-unsaturated/α-hetero) is 1. The fourth-order valence-corrected chi connectivity index (χ4v) is 2.36. The highest BCUT2D eigenvalue weighted by Crippen LogP contribution is 2.27. The molecule has 0 bridgehead atoms. The third-order valence-corrected chi connectivity index (χ3v) is 3.33. The third-order valence-electron chi connectivity index (χ3n) is 3.33. The summed E-state index contributed by atoms with van der Waals surface area (Å²) in [6.45, 7) is 0. The van der Waals surface area contributed by atoms with Crippen LogP contribution in [0.3, 0.4) is 0 Å². The van der Waals surface area contributed by atoms with Crippen LogP contribution in [-0.2, 0) is 7.05 Å². The van der Waals surface area contributed by atoms with Crippen LogP contribution in [0.1, 0.15) is 42.6 Å². The molecule has 4 nitrogen and oxygen atoms in total. The minimum absolute atomic E-state index is 0.128. The molecular weight excluding hydrogens is 204 g/mol. The minimum atomic E-state index is -0.866. The molecule has 1 unspecified atom stereocenters. The van der Waals surface area contributed by atoms with Crippen molar-refractivity contribution in [2.24, 2.45) is 13.0 Å². The number of carbonyl (C=O) groups is 1. The van der Waals surface area contributed by atoms with Crippen LogP contribution in [0.15, 0.2) is 12.3 Å². The molecule has 0 radical (unpaired) electrons. The lowest BCUT2D eigenvalue weighted by molar-refractivity contribution is 0.0529. The number of aromatic nitrogens is 2. The molecule has 4 heteroatoms. The van der Waals surface area contributed by atoms with E-state index in [0.29, 0.717) is 5.69 Å². The van der Waals surface area contributed by atoms with Gasteiger partial charge in [-0.3, -0.25) is 9.48 Å². The standard InChI is InChI=1S/C12H18N2O2/c1-14-8-7-10(13-14)12(16)11(15)9-5-3-2-4-6-9/h7-9,11,15H,2-6H2,1H3. The minimum Gasteiger partial charge on any atom is -0.385 e. The molecule has 2 rings (SSSR count). The van der Waals surface area contributed by atoms with E-state index in [0.717, 1.165) is 25.7 Å². The lowest BCUT2D eigenvalue weighted by Gasteiger charge is -2.25. The molecule has 1 aliphatic rings. The van der Waals surface area contributed by atoms with Crippen LogP contribution >= 0.6 is 0 Å². The van der Waals surface area contributed by atoms with E-state index in [1.807, 2.05) is 0 Å². The summed E-state index contributed by atoms with van der Waals surface area (Å²) >= 11 is 0. The van der Waals surface area contributed by atoms with Gasteiger partial charge in [-0.25, -0.2) is 0 Å². The fraction of sp³-hybridized carbons (Fsp3) is 0.667. The van der Waals surface area contributed by atoms with Gasteiger partial charge in [0.1, 0.15) is 11.8 Å². The Morgan fingerprint density at radius 3 is 2.75 bits per heavy atom. The van der Waals surface area contributed by atoms with E-state index in [-0.39, 0.29) is 11.7 Å². The molecule has 0 aromatic carbocycles. The Labute approximate surface area is 95.3 Å². The van der Waals surface area contributed by atoms with E-state index in [4.69, 9.17) is 0 Å². The molecule has 1 N–H and O–H groups in total. The molecule has 0 spiro atoms. The van der Waals surface area contributed by atoms with Gasteiger partial charge in [0.05, 0.1) is 0 Å². The van der Waals surface area contributed by atoms with Crippen LogP contribution in [-0.4, -0.2) is 26.8 Å². The van der Waals surface area contributed by atoms with Gasteiger partial charge >= 0.3 is 0 Å². The average Bonchev–Trinajstić information content (AvgIpc) is 2.75. The molecule has 0 saturated heterocycles. The third kappa shape index (κ3) is 2.32. The van der Waals surface area contributed by atoms with E-state index >= 15 is 0 Å². The Hall–Kier alpha value is -1.16. The summed E-state index contributed by atoms with van der Waals surface area (Å²) in [5.41, 5.74) is 0.376. The van der Waals surface area contributed by atoms with Crippen LogP contribution in [0.25, 0.3) is 0 Å². The molecule has 1 atom stereocenters. The summed E-state index contributed by atoms with van der Waals surface area (Å²) < 4.78 is 1.58. The van der Waals surface area contributed by atoms with Gasteiger partial charge in [0.25, 0.3) is 0 Å². The first-order valence-electron chi connectivity index (χ1n) is 5.90. The van der Waals surface area contributed by atoms with Gasteiger partial charge in [-0.15, -0.1) is 0 Å². The first-order chi connectivity index (χ1) is 7.68. The SMILES string of the molecule is Cn1ccc(C(=O)C(O)C2CCCCC2)n1. The number of ketones is 1. The largest absolute Gasteiger partial charge is 0.385 e. The lowest BCUT2D eigenvalue weighted by atomic mass is 9.83. The number of aliphatic hydroxyl groups excluding tert-OH is 1. The van der Waals surface area contributed by atoms with Crippen molar-refractivity contribution >= 4 is 5.78 Å². The predicted octanol–water partition coefficient (Wildman–Crippen LogP) is 1.54. The molecule has 1 fully saturated rings. The maximum atomic E-state index is 11.9. The molecule has 88 valence electrons. The van der Waals surface area contributed by atoms with E-state index in [9.17, 15) is 9.90 Å². The van der Waals surface area contributed by atoms with Crippen LogP contribution < -0.4 is 0 Å². The van der Waals surface area contributed by atoms with Gasteiger partial charge in [0.15, 0.2) is 0 Å². The van der Waals surface area contributed by atoms with Gasteiger partial charge in [-0.2, -0.15) is 5.10 Å². The van der Waals surface area contributed by atoms with Crippen molar-refractivity contribution < 1.29 is 9.90 Å². The fourth-order valence-electron chi connectivity index (χ4n) is 2.36. The first-order valence-corrected chi connectivity index (χ1v) is 5.90. The molecule has 16 heavy (non-hydrogen) atoms. The van der Waals surface area contributed by atoms with Crippen molar-refractivity contribution in [2.45, 2.75) is 38.2 Å². The Kier molecular flexibility index (Phi) is 3.39. The summed E-state index contributed by atoms with van der Waals surface area (Å²) in [4.78, 5) is 11.9. The molecular formula is C12H18N2O2. The first kappa shape index (κ1) is 11.3. The summed E-state index contributed by atoms with van der Waals surface area (Å²) in [5.74, 6) is -0.101. The van der Waals surface area contributed by atoms with Crippen LogP contribution in [0.4, 0.5) is 0 Å². The normalized spacial score (nSPS) is 19.6. The second kappa shape index (κ2) is 4.78. The van der Waals surface area contributed by atoms with E-state index in [2.05, 4.69) is 5.10 Å². The molecule has 1 heterocycles. The Morgan fingerprint density at radius 1 is 1.50 bits per heavy atom. The van der Waals surface area contributed by atoms with Crippen LogP contribution in [0, 0.1) is 5.92 Å². The quantitative estimate of drug-likeness (QED) is 0.789. The number of aryl methyl sites for hydroxylation is 1. The summed E-state index contributed by atoms with van der Waals surface area (Å²) in [6, 6.07) is 1.66. The zero-order valence-corrected chi connectivity index (χ0v) is 9.59. The number of carbonyl (C=O) groups excluding carboxylic acids is 1. The van der Waals surface area contributed by atoms with Crippen molar-refractivity contribution in [2.75, 3.05) is 0 Å². The topological polar surface area (TPSA) is 55.1 Å². The van der Waals surface area contributed by atoms with Crippen molar-refractivity contribution in [3.63, 3.8) is 0 Å². The highest BCUT2D eigenvalue weighted by atomic mass is 16.3. The van der Waals surface area contributed by atoms with Gasteiger partial charge in [0, 0.05) is 13.2 Å². The number of rotatable bonds is 3. The summed E-state index contributed by atoms with van der Waals surface area (Å²) in [7, 11) is 1.77. The highest BCUT2D eigenvalue weighted by Gasteiger charge is 2.29. The Bertz CT molecular complexity index is 367. The average molecular weight is 222 g/mol. The van der Waals surface area contributed by atoms with Gasteiger partial charge in [-0.1, -0.05) is 19.3 Å². The summed E-state index contributed by atoms with van der Waals surface area (Å²) in [5, 5.41) is 14.0. The van der Waals surface area contributed by atoms with Gasteiger partial charge < -0.3 is 5.11 Å². The molecule has 1 aromatic rings. The van der Waals surface area contributed by atoms with E-state index in [1.165, 1.54) is 6.42 Å². The molecule has 1 aromatic heterocycles. The predicted molar refractivity (Wildman–Crippen MR) is 60.1 cm³/mol. The number of hydrogen-bond donors (Lipinski definition) is 1. The Balaban J connectivity index is 2.03. The van der Waals surface area contributed by atoms with Crippen molar-refractivity contribution in [3.05, 3.63) is 18.0 Å².